The molecule has 25 heavy (non-hydrogen) atoms. The van der Waals surface area contributed by atoms with Crippen LogP contribution in [0.1, 0.15) is 0 Å². The predicted molar refractivity (Wildman–Crippen MR) is 139 cm³/mol. The van der Waals surface area contributed by atoms with Crippen LogP contribution >= 0.6 is 99.4 Å². The van der Waals surface area contributed by atoms with E-state index < -0.39 is 5.54 Å². The molecule has 0 heterocycles. The first-order chi connectivity index (χ1) is 11.7. The standard InChI is InChI=1S/C12H23N5S8/c13-1-2-14-3-4-15-5-6-16-7-12(8(18)19,9(20)21)17(10(22)23)11(24)25/h14-16H,1-7,13H2,(H,18,19)(H,20,21)(H,22,23)(H,24,25). The molecule has 0 radical (unpaired) electrons. The first-order valence-electron chi connectivity index (χ1n) is 7.26. The molecule has 0 fully saturated rings. The van der Waals surface area contributed by atoms with E-state index in [2.05, 4.69) is 66.5 Å². The Morgan fingerprint density at radius 1 is 0.760 bits per heavy atom. The highest BCUT2D eigenvalue weighted by Gasteiger charge is 2.44. The molecule has 0 aromatic heterocycles. The SMILES string of the molecule is NCCNCCNCCNCC(C(=S)S)(C(=S)S)N(C(=S)S)C(=S)S. The van der Waals surface area contributed by atoms with Crippen molar-refractivity contribution in [3.63, 3.8) is 0 Å². The first-order valence-corrected chi connectivity index (χ1v) is 10.7. The zero-order valence-electron chi connectivity index (χ0n) is 13.4. The average Bonchev–Trinajstić information content (AvgIpc) is 2.50. The van der Waals surface area contributed by atoms with Gasteiger partial charge in [0.25, 0.3) is 0 Å². The van der Waals surface area contributed by atoms with Gasteiger partial charge in [-0.25, -0.2) is 0 Å². The van der Waals surface area contributed by atoms with E-state index in [1.165, 1.54) is 4.90 Å². The minimum atomic E-state index is -1.07. The van der Waals surface area contributed by atoms with E-state index in [1.807, 2.05) is 0 Å². The van der Waals surface area contributed by atoms with Gasteiger partial charge in [0.2, 0.25) is 0 Å². The smallest absolute Gasteiger partial charge is 0.142 e. The lowest BCUT2D eigenvalue weighted by Crippen LogP contribution is -2.63. The van der Waals surface area contributed by atoms with Crippen LogP contribution in [0.4, 0.5) is 0 Å². The highest BCUT2D eigenvalue weighted by Crippen LogP contribution is 2.27. The third kappa shape index (κ3) is 8.96. The molecule has 5 N–H and O–H groups in total. The van der Waals surface area contributed by atoms with E-state index in [9.17, 15) is 0 Å². The summed E-state index contributed by atoms with van der Waals surface area (Å²) in [6, 6.07) is 0. The maximum atomic E-state index is 5.41. The number of nitrogens with one attached hydrogen (secondary N) is 3. The van der Waals surface area contributed by atoms with E-state index in [1.54, 1.807) is 0 Å². The summed E-state index contributed by atoms with van der Waals surface area (Å²) < 4.78 is 0.955. The number of hydrogen-bond donors (Lipinski definition) is 8. The van der Waals surface area contributed by atoms with Gasteiger partial charge in [0.15, 0.2) is 0 Å². The van der Waals surface area contributed by atoms with Crippen LogP contribution in [0.5, 0.6) is 0 Å². The number of thiol groups is 4. The Bertz CT molecular complexity index is 458. The van der Waals surface area contributed by atoms with Crippen LogP contribution in [-0.2, 0) is 0 Å². The fourth-order valence-electron chi connectivity index (χ4n) is 1.90. The summed E-state index contributed by atoms with van der Waals surface area (Å²) in [7, 11) is 0. The zero-order chi connectivity index (χ0) is 19.5. The number of nitrogens with two attached hydrogens (primary N) is 1. The molecular formula is C12H23N5S8. The van der Waals surface area contributed by atoms with Crippen molar-refractivity contribution in [1.29, 1.82) is 0 Å². The summed E-state index contributed by atoms with van der Waals surface area (Å²) in [4.78, 5) is 1.48. The molecule has 0 saturated carbocycles. The summed E-state index contributed by atoms with van der Waals surface area (Å²) in [6.07, 6.45) is 0. The molecule has 0 rings (SSSR count). The summed E-state index contributed by atoms with van der Waals surface area (Å²) in [6.45, 7) is 4.91. The van der Waals surface area contributed by atoms with Gasteiger partial charge in [-0.05, 0) is 0 Å². The highest BCUT2D eigenvalue weighted by atomic mass is 32.1. The minimum absolute atomic E-state index is 0.193. The number of nitrogens with zero attached hydrogens (tertiary/aromatic N) is 1. The van der Waals surface area contributed by atoms with Gasteiger partial charge >= 0.3 is 0 Å². The van der Waals surface area contributed by atoms with Gasteiger partial charge in [-0.2, -0.15) is 0 Å². The van der Waals surface area contributed by atoms with E-state index in [-0.39, 0.29) is 17.0 Å². The predicted octanol–water partition coefficient (Wildman–Crippen LogP) is 0.699. The van der Waals surface area contributed by atoms with Crippen LogP contribution in [0.2, 0.25) is 0 Å². The lowest BCUT2D eigenvalue weighted by atomic mass is 10.0. The maximum Gasteiger partial charge on any atom is 0.142 e. The van der Waals surface area contributed by atoms with Crippen molar-refractivity contribution >= 4 is 116 Å². The molecule has 144 valence electrons. The molecule has 0 aromatic carbocycles. The Morgan fingerprint density at radius 2 is 1.16 bits per heavy atom. The third-order valence-electron chi connectivity index (χ3n) is 3.13. The second-order valence-corrected chi connectivity index (χ2v) is 9.38. The summed E-state index contributed by atoms with van der Waals surface area (Å²) in [5.41, 5.74) is 4.33. The molecule has 0 spiro atoms. The van der Waals surface area contributed by atoms with Crippen molar-refractivity contribution in [2.75, 3.05) is 45.8 Å². The van der Waals surface area contributed by atoms with Crippen LogP contribution < -0.4 is 21.7 Å². The van der Waals surface area contributed by atoms with E-state index in [4.69, 9.17) is 54.6 Å². The van der Waals surface area contributed by atoms with Gasteiger partial charge in [0.1, 0.15) is 14.2 Å². The van der Waals surface area contributed by atoms with Crippen LogP contribution in [0, 0.1) is 0 Å². The number of hydrogen-bond acceptors (Lipinski definition) is 8. The molecular weight excluding hydrogens is 471 g/mol. The van der Waals surface area contributed by atoms with Gasteiger partial charge in [-0.1, -0.05) is 48.9 Å². The van der Waals surface area contributed by atoms with E-state index in [0.29, 0.717) is 19.6 Å². The van der Waals surface area contributed by atoms with Crippen molar-refractivity contribution in [1.82, 2.24) is 20.9 Å². The molecule has 13 heteroatoms. The Balaban J connectivity index is 4.73. The number of rotatable bonds is 13. The van der Waals surface area contributed by atoms with Gasteiger partial charge < -0.3 is 21.7 Å². The van der Waals surface area contributed by atoms with Crippen molar-refractivity contribution in [3.05, 3.63) is 0 Å². The highest BCUT2D eigenvalue weighted by molar-refractivity contribution is 8.16. The molecule has 0 saturated heterocycles. The third-order valence-corrected chi connectivity index (χ3v) is 5.31. The van der Waals surface area contributed by atoms with Crippen molar-refractivity contribution in [3.8, 4) is 0 Å². The lowest BCUT2D eigenvalue weighted by Gasteiger charge is -2.42. The van der Waals surface area contributed by atoms with Crippen LogP contribution in [-0.4, -0.2) is 73.3 Å². The fraction of sp³-hybridized carbons (Fsp3) is 0.667. The largest absolute Gasteiger partial charge is 0.329 e. The van der Waals surface area contributed by atoms with Gasteiger partial charge in [-0.15, -0.1) is 50.5 Å². The molecule has 0 unspecified atom stereocenters. The molecule has 5 nitrogen and oxygen atoms in total. The minimum Gasteiger partial charge on any atom is -0.329 e. The van der Waals surface area contributed by atoms with Crippen molar-refractivity contribution in [2.45, 2.75) is 5.54 Å². The molecule has 0 amide bonds. The van der Waals surface area contributed by atoms with Gasteiger partial charge in [0.05, 0.1) is 8.39 Å². The molecule has 0 aliphatic carbocycles. The Kier molecular flexibility index (Phi) is 15.2. The van der Waals surface area contributed by atoms with Crippen molar-refractivity contribution in [2.24, 2.45) is 5.73 Å². The summed E-state index contributed by atoms with van der Waals surface area (Å²) >= 11 is 38.0. The monoisotopic (exact) mass is 493 g/mol. The topological polar surface area (TPSA) is 65.3 Å². The fourth-order valence-corrected chi connectivity index (χ4v) is 4.62. The average molecular weight is 494 g/mol. The molecule has 0 aliphatic rings. The van der Waals surface area contributed by atoms with Crippen LogP contribution in [0.3, 0.4) is 0 Å². The van der Waals surface area contributed by atoms with Gasteiger partial charge in [-0.3, -0.25) is 4.90 Å². The quantitative estimate of drug-likeness (QED) is 0.108. The Morgan fingerprint density at radius 3 is 1.52 bits per heavy atom. The molecule has 0 aromatic rings. The first kappa shape index (κ1) is 26.4. The van der Waals surface area contributed by atoms with E-state index >= 15 is 0 Å². The van der Waals surface area contributed by atoms with Crippen molar-refractivity contribution < 1.29 is 0 Å². The molecule has 0 bridgehead atoms. The number of thiocarbonyl (C=S) groups is 4. The molecule has 0 atom stereocenters. The van der Waals surface area contributed by atoms with Gasteiger partial charge in [0, 0.05) is 45.8 Å². The van der Waals surface area contributed by atoms with Crippen LogP contribution in [0.15, 0.2) is 0 Å². The second-order valence-electron chi connectivity index (χ2n) is 4.84. The zero-order valence-corrected chi connectivity index (χ0v) is 20.2. The summed E-state index contributed by atoms with van der Waals surface area (Å²) in [5, 5.41) is 9.78. The Labute approximate surface area is 193 Å². The normalized spacial score (nSPS) is 11.2. The second kappa shape index (κ2) is 14.4. The summed E-state index contributed by atoms with van der Waals surface area (Å²) in [5.74, 6) is 0. The molecule has 0 aliphatic heterocycles. The van der Waals surface area contributed by atoms with E-state index in [0.717, 1.165) is 26.2 Å². The van der Waals surface area contributed by atoms with Crippen LogP contribution in [0.25, 0.3) is 0 Å². The lowest BCUT2D eigenvalue weighted by molar-refractivity contribution is 0.457. The Hall–Kier alpha value is 1.40. The maximum absolute atomic E-state index is 5.41.